The number of imide groups is 1. The minimum atomic E-state index is -0.641. The highest BCUT2D eigenvalue weighted by molar-refractivity contribution is 6.09. The maximum Gasteiger partial charge on any atom is 0.237 e. The monoisotopic (exact) mass is 203 g/mol. The van der Waals surface area contributed by atoms with Crippen molar-refractivity contribution in [3.05, 3.63) is 35.9 Å². The summed E-state index contributed by atoms with van der Waals surface area (Å²) in [4.78, 5) is 23.1. The number of benzene rings is 1. The highest BCUT2D eigenvalue weighted by atomic mass is 16.2. The molecule has 1 aromatic rings. The molecule has 0 unspecified atom stereocenters. The van der Waals surface area contributed by atoms with Crippen LogP contribution in [0.25, 0.3) is 0 Å². The number of nitrogens with one attached hydrogen (secondary N) is 1. The van der Waals surface area contributed by atoms with Crippen molar-refractivity contribution in [3.8, 4) is 0 Å². The van der Waals surface area contributed by atoms with Gasteiger partial charge in [-0.15, -0.1) is 0 Å². The average molecular weight is 203 g/mol. The summed E-state index contributed by atoms with van der Waals surface area (Å²) in [6, 6.07) is 9.50. The lowest BCUT2D eigenvalue weighted by Crippen LogP contribution is -2.34. The normalized spacial score (nSPS) is 25.4. The minimum absolute atomic E-state index is 0.166. The Morgan fingerprint density at radius 1 is 1.27 bits per heavy atom. The summed E-state index contributed by atoms with van der Waals surface area (Å²) in [5.41, 5.74) is 0.286. The standard InChI is InChI=1S/C12H13NO2/c1-2-12(8-10(14)13-11(12)15)9-6-4-3-5-7-9/h3-7H,2,8H2,1H3,(H,13,14,15)/t12-/m0/s1. The fourth-order valence-electron chi connectivity index (χ4n) is 2.12. The second kappa shape index (κ2) is 3.50. The highest BCUT2D eigenvalue weighted by Gasteiger charge is 2.46. The smallest absolute Gasteiger partial charge is 0.237 e. The van der Waals surface area contributed by atoms with E-state index in [1.165, 1.54) is 0 Å². The predicted octanol–water partition coefficient (Wildman–Crippen LogP) is 1.38. The molecule has 1 fully saturated rings. The van der Waals surface area contributed by atoms with Crippen LogP contribution in [0.15, 0.2) is 30.3 Å². The van der Waals surface area contributed by atoms with Gasteiger partial charge in [-0.3, -0.25) is 14.9 Å². The van der Waals surface area contributed by atoms with E-state index in [2.05, 4.69) is 5.32 Å². The quantitative estimate of drug-likeness (QED) is 0.738. The van der Waals surface area contributed by atoms with Crippen LogP contribution in [0, 0.1) is 0 Å². The Morgan fingerprint density at radius 2 is 1.93 bits per heavy atom. The number of rotatable bonds is 2. The molecule has 0 saturated carbocycles. The third-order valence-electron chi connectivity index (χ3n) is 3.08. The number of hydrogen-bond acceptors (Lipinski definition) is 2. The summed E-state index contributed by atoms with van der Waals surface area (Å²) in [5, 5.41) is 2.38. The van der Waals surface area contributed by atoms with Gasteiger partial charge in [0.2, 0.25) is 11.8 Å². The Labute approximate surface area is 88.5 Å². The summed E-state index contributed by atoms with van der Waals surface area (Å²) in [6.45, 7) is 1.94. The van der Waals surface area contributed by atoms with E-state index in [1.54, 1.807) is 0 Å². The summed E-state index contributed by atoms with van der Waals surface area (Å²) >= 11 is 0. The lowest BCUT2D eigenvalue weighted by Gasteiger charge is -2.23. The average Bonchev–Trinajstić information content (AvgIpc) is 2.56. The van der Waals surface area contributed by atoms with Gasteiger partial charge in [-0.1, -0.05) is 37.3 Å². The summed E-state index contributed by atoms with van der Waals surface area (Å²) in [6.07, 6.45) is 0.918. The summed E-state index contributed by atoms with van der Waals surface area (Å²) in [7, 11) is 0. The van der Waals surface area contributed by atoms with E-state index in [1.807, 2.05) is 37.3 Å². The van der Waals surface area contributed by atoms with Crippen molar-refractivity contribution in [2.75, 3.05) is 0 Å². The van der Waals surface area contributed by atoms with Gasteiger partial charge < -0.3 is 0 Å². The zero-order valence-electron chi connectivity index (χ0n) is 8.62. The van der Waals surface area contributed by atoms with Crippen molar-refractivity contribution in [1.82, 2.24) is 5.32 Å². The molecule has 0 bridgehead atoms. The molecule has 0 aliphatic carbocycles. The predicted molar refractivity (Wildman–Crippen MR) is 56.2 cm³/mol. The van der Waals surface area contributed by atoms with Gasteiger partial charge in [0.1, 0.15) is 0 Å². The summed E-state index contributed by atoms with van der Waals surface area (Å²) in [5.74, 6) is -0.341. The second-order valence-electron chi connectivity index (χ2n) is 3.86. The Bertz CT molecular complexity index is 399. The first-order chi connectivity index (χ1) is 7.19. The van der Waals surface area contributed by atoms with Crippen LogP contribution in [0.3, 0.4) is 0 Å². The van der Waals surface area contributed by atoms with Crippen molar-refractivity contribution >= 4 is 11.8 Å². The molecule has 0 aromatic heterocycles. The molecule has 3 heteroatoms. The van der Waals surface area contributed by atoms with Crippen molar-refractivity contribution in [2.45, 2.75) is 25.2 Å². The van der Waals surface area contributed by atoms with E-state index in [4.69, 9.17) is 0 Å². The molecule has 1 aliphatic heterocycles. The first-order valence-corrected chi connectivity index (χ1v) is 5.09. The zero-order chi connectivity index (χ0) is 10.9. The molecule has 2 rings (SSSR count). The molecule has 1 saturated heterocycles. The maximum atomic E-state index is 11.8. The van der Waals surface area contributed by atoms with E-state index in [-0.39, 0.29) is 18.2 Å². The van der Waals surface area contributed by atoms with Crippen molar-refractivity contribution < 1.29 is 9.59 Å². The second-order valence-corrected chi connectivity index (χ2v) is 3.86. The van der Waals surface area contributed by atoms with E-state index in [0.717, 1.165) is 5.56 Å². The first kappa shape index (κ1) is 9.90. The van der Waals surface area contributed by atoms with E-state index in [9.17, 15) is 9.59 Å². The van der Waals surface area contributed by atoms with Crippen LogP contribution >= 0.6 is 0 Å². The van der Waals surface area contributed by atoms with Crippen LogP contribution in [0.2, 0.25) is 0 Å². The lowest BCUT2D eigenvalue weighted by molar-refractivity contribution is -0.126. The van der Waals surface area contributed by atoms with Crippen LogP contribution in [-0.2, 0) is 15.0 Å². The van der Waals surface area contributed by atoms with Gasteiger partial charge >= 0.3 is 0 Å². The molecule has 0 spiro atoms. The lowest BCUT2D eigenvalue weighted by atomic mass is 9.77. The Morgan fingerprint density at radius 3 is 2.40 bits per heavy atom. The molecule has 1 N–H and O–H groups in total. The van der Waals surface area contributed by atoms with Crippen LogP contribution in [0.4, 0.5) is 0 Å². The van der Waals surface area contributed by atoms with Gasteiger partial charge in [0.05, 0.1) is 5.41 Å². The largest absolute Gasteiger partial charge is 0.296 e. The third-order valence-corrected chi connectivity index (χ3v) is 3.08. The molecular formula is C12H13NO2. The van der Waals surface area contributed by atoms with Gasteiger partial charge in [0.15, 0.2) is 0 Å². The Balaban J connectivity index is 2.47. The number of carbonyl (C=O) groups excluding carboxylic acids is 2. The fourth-order valence-corrected chi connectivity index (χ4v) is 2.12. The van der Waals surface area contributed by atoms with E-state index >= 15 is 0 Å². The molecule has 15 heavy (non-hydrogen) atoms. The fraction of sp³-hybridized carbons (Fsp3) is 0.333. The molecule has 3 nitrogen and oxygen atoms in total. The third kappa shape index (κ3) is 1.44. The molecule has 0 radical (unpaired) electrons. The Kier molecular flexibility index (Phi) is 2.31. The molecule has 1 heterocycles. The SMILES string of the molecule is CC[C@@]1(c2ccccc2)CC(=O)NC1=O. The highest BCUT2D eigenvalue weighted by Crippen LogP contribution is 2.35. The zero-order valence-corrected chi connectivity index (χ0v) is 8.62. The number of carbonyl (C=O) groups is 2. The van der Waals surface area contributed by atoms with Gasteiger partial charge in [0, 0.05) is 6.42 Å². The summed E-state index contributed by atoms with van der Waals surface area (Å²) < 4.78 is 0. The Hall–Kier alpha value is -1.64. The molecular weight excluding hydrogens is 190 g/mol. The maximum absolute atomic E-state index is 11.8. The number of amides is 2. The first-order valence-electron chi connectivity index (χ1n) is 5.09. The molecule has 2 amide bonds. The van der Waals surface area contributed by atoms with Gasteiger partial charge in [0.25, 0.3) is 0 Å². The van der Waals surface area contributed by atoms with Crippen LogP contribution < -0.4 is 5.32 Å². The van der Waals surface area contributed by atoms with E-state index in [0.29, 0.717) is 6.42 Å². The van der Waals surface area contributed by atoms with Gasteiger partial charge in [-0.05, 0) is 12.0 Å². The molecule has 1 atom stereocenters. The molecule has 78 valence electrons. The topological polar surface area (TPSA) is 46.2 Å². The van der Waals surface area contributed by atoms with Crippen molar-refractivity contribution in [3.63, 3.8) is 0 Å². The van der Waals surface area contributed by atoms with E-state index < -0.39 is 5.41 Å². The minimum Gasteiger partial charge on any atom is -0.296 e. The van der Waals surface area contributed by atoms with Crippen LogP contribution in [0.1, 0.15) is 25.3 Å². The number of hydrogen-bond donors (Lipinski definition) is 1. The van der Waals surface area contributed by atoms with Gasteiger partial charge in [-0.2, -0.15) is 0 Å². The van der Waals surface area contributed by atoms with Gasteiger partial charge in [-0.25, -0.2) is 0 Å². The van der Waals surface area contributed by atoms with Crippen molar-refractivity contribution in [2.24, 2.45) is 0 Å². The van der Waals surface area contributed by atoms with Crippen LogP contribution in [0.5, 0.6) is 0 Å². The molecule has 1 aliphatic rings. The molecule has 1 aromatic carbocycles. The van der Waals surface area contributed by atoms with Crippen LogP contribution in [-0.4, -0.2) is 11.8 Å². The van der Waals surface area contributed by atoms with Crippen molar-refractivity contribution in [1.29, 1.82) is 0 Å².